The van der Waals surface area contributed by atoms with E-state index >= 15 is 0 Å². The fourth-order valence-electron chi connectivity index (χ4n) is 1.70. The number of hydrogen-bond donors (Lipinski definition) is 1. The van der Waals surface area contributed by atoms with Gasteiger partial charge in [-0.2, -0.15) is 15.0 Å². The molecule has 20 heavy (non-hydrogen) atoms. The van der Waals surface area contributed by atoms with Crippen LogP contribution >= 0.6 is 0 Å². The molecule has 0 aliphatic rings. The molecule has 7 heteroatoms. The molecule has 0 saturated heterocycles. The predicted molar refractivity (Wildman–Crippen MR) is 71.9 cm³/mol. The highest BCUT2D eigenvalue weighted by Gasteiger charge is 2.09. The first-order chi connectivity index (χ1) is 9.76. The van der Waals surface area contributed by atoms with Crippen molar-refractivity contribution in [1.29, 1.82) is 0 Å². The molecule has 2 heterocycles. The zero-order valence-corrected chi connectivity index (χ0v) is 10.7. The highest BCUT2D eigenvalue weighted by molar-refractivity contribution is 5.56. The smallest absolute Gasteiger partial charge is 0.240 e. The van der Waals surface area contributed by atoms with E-state index in [1.807, 2.05) is 0 Å². The van der Waals surface area contributed by atoms with Gasteiger partial charge < -0.3 is 5.32 Å². The topological polar surface area (TPSA) is 68.5 Å². The summed E-state index contributed by atoms with van der Waals surface area (Å²) in [6.07, 6.45) is 4.98. The van der Waals surface area contributed by atoms with E-state index in [9.17, 15) is 4.39 Å². The van der Waals surface area contributed by atoms with Gasteiger partial charge in [0.2, 0.25) is 11.9 Å². The monoisotopic (exact) mass is 270 g/mol. The SMILES string of the molecule is CNc1nc(-c2ccc(F)cc2)nc(-n2ccnc2)n1. The van der Waals surface area contributed by atoms with Crippen LogP contribution in [0.25, 0.3) is 17.3 Å². The standard InChI is InChI=1S/C13H11FN6/c1-15-12-17-11(9-2-4-10(14)5-3-9)18-13(19-12)20-7-6-16-8-20/h2-8H,1H3,(H,15,17,18,19). The van der Waals surface area contributed by atoms with E-state index in [4.69, 9.17) is 0 Å². The highest BCUT2D eigenvalue weighted by Crippen LogP contribution is 2.17. The molecule has 0 atom stereocenters. The van der Waals surface area contributed by atoms with Gasteiger partial charge in [-0.15, -0.1) is 0 Å². The molecular weight excluding hydrogens is 259 g/mol. The van der Waals surface area contributed by atoms with E-state index < -0.39 is 0 Å². The minimum Gasteiger partial charge on any atom is -0.357 e. The van der Waals surface area contributed by atoms with Gasteiger partial charge in [-0.1, -0.05) is 0 Å². The lowest BCUT2D eigenvalue weighted by molar-refractivity contribution is 0.628. The third-order valence-electron chi connectivity index (χ3n) is 2.68. The second-order valence-corrected chi connectivity index (χ2v) is 4.01. The van der Waals surface area contributed by atoms with E-state index in [1.54, 1.807) is 42.5 Å². The Labute approximate surface area is 114 Å². The van der Waals surface area contributed by atoms with Gasteiger partial charge in [-0.25, -0.2) is 9.37 Å². The third-order valence-corrected chi connectivity index (χ3v) is 2.68. The van der Waals surface area contributed by atoms with Crippen molar-refractivity contribution in [2.45, 2.75) is 0 Å². The molecule has 0 radical (unpaired) electrons. The molecule has 2 aromatic heterocycles. The molecule has 1 aromatic carbocycles. The maximum Gasteiger partial charge on any atom is 0.240 e. The Balaban J connectivity index is 2.11. The van der Waals surface area contributed by atoms with Crippen molar-refractivity contribution in [2.75, 3.05) is 12.4 Å². The Morgan fingerprint density at radius 3 is 2.55 bits per heavy atom. The normalized spacial score (nSPS) is 10.5. The van der Waals surface area contributed by atoms with Gasteiger partial charge in [0.25, 0.3) is 0 Å². The number of hydrogen-bond acceptors (Lipinski definition) is 5. The van der Waals surface area contributed by atoms with E-state index in [-0.39, 0.29) is 5.82 Å². The summed E-state index contributed by atoms with van der Waals surface area (Å²) < 4.78 is 14.6. The number of imidazole rings is 1. The van der Waals surface area contributed by atoms with E-state index in [2.05, 4.69) is 25.3 Å². The first-order valence-corrected chi connectivity index (χ1v) is 5.94. The molecule has 1 N–H and O–H groups in total. The van der Waals surface area contributed by atoms with E-state index in [0.717, 1.165) is 0 Å². The van der Waals surface area contributed by atoms with Crippen molar-refractivity contribution < 1.29 is 4.39 Å². The Morgan fingerprint density at radius 2 is 1.90 bits per heavy atom. The number of anilines is 1. The number of nitrogens with one attached hydrogen (secondary N) is 1. The Morgan fingerprint density at radius 1 is 1.10 bits per heavy atom. The molecule has 0 aliphatic heterocycles. The molecule has 3 aromatic rings. The number of benzene rings is 1. The van der Waals surface area contributed by atoms with Crippen LogP contribution in [0.1, 0.15) is 0 Å². The van der Waals surface area contributed by atoms with E-state index in [0.29, 0.717) is 23.3 Å². The van der Waals surface area contributed by atoms with Crippen LogP contribution in [0, 0.1) is 5.82 Å². The van der Waals surface area contributed by atoms with Crippen LogP contribution in [0.3, 0.4) is 0 Å². The van der Waals surface area contributed by atoms with Crippen molar-refractivity contribution in [3.8, 4) is 17.3 Å². The third kappa shape index (κ3) is 2.33. The summed E-state index contributed by atoms with van der Waals surface area (Å²) >= 11 is 0. The van der Waals surface area contributed by atoms with Gasteiger partial charge in [-0.3, -0.25) is 4.57 Å². The van der Waals surface area contributed by atoms with Crippen LogP contribution in [-0.2, 0) is 0 Å². The summed E-state index contributed by atoms with van der Waals surface area (Å²) in [5, 5.41) is 2.88. The summed E-state index contributed by atoms with van der Waals surface area (Å²) in [6, 6.07) is 5.99. The van der Waals surface area contributed by atoms with Crippen molar-refractivity contribution in [3.05, 3.63) is 48.8 Å². The summed E-state index contributed by atoms with van der Waals surface area (Å²) in [7, 11) is 1.72. The molecule has 0 spiro atoms. The maximum atomic E-state index is 13.0. The van der Waals surface area contributed by atoms with Crippen LogP contribution in [-0.4, -0.2) is 31.6 Å². The van der Waals surface area contributed by atoms with Crippen LogP contribution in [0.5, 0.6) is 0 Å². The minimum absolute atomic E-state index is 0.300. The molecule has 3 rings (SSSR count). The van der Waals surface area contributed by atoms with Crippen LogP contribution in [0.2, 0.25) is 0 Å². The van der Waals surface area contributed by atoms with Crippen molar-refractivity contribution in [1.82, 2.24) is 24.5 Å². The molecule has 100 valence electrons. The zero-order chi connectivity index (χ0) is 13.9. The number of rotatable bonds is 3. The lowest BCUT2D eigenvalue weighted by Crippen LogP contribution is -2.06. The van der Waals surface area contributed by atoms with Crippen molar-refractivity contribution in [3.63, 3.8) is 0 Å². The molecule has 6 nitrogen and oxygen atoms in total. The minimum atomic E-state index is -0.300. The first-order valence-electron chi connectivity index (χ1n) is 5.94. The lowest BCUT2D eigenvalue weighted by Gasteiger charge is -2.07. The maximum absolute atomic E-state index is 13.0. The largest absolute Gasteiger partial charge is 0.357 e. The summed E-state index contributed by atoms with van der Waals surface area (Å²) in [5.41, 5.74) is 0.715. The van der Waals surface area contributed by atoms with Crippen LogP contribution in [0.15, 0.2) is 43.0 Å². The van der Waals surface area contributed by atoms with Crippen LogP contribution in [0.4, 0.5) is 10.3 Å². The molecule has 0 fully saturated rings. The number of aromatic nitrogens is 5. The quantitative estimate of drug-likeness (QED) is 0.787. The summed E-state index contributed by atoms with van der Waals surface area (Å²) in [4.78, 5) is 16.8. The fraction of sp³-hybridized carbons (Fsp3) is 0.0769. The van der Waals surface area contributed by atoms with Gasteiger partial charge in [0.15, 0.2) is 5.82 Å². The predicted octanol–water partition coefficient (Wildman–Crippen LogP) is 1.91. The van der Waals surface area contributed by atoms with E-state index in [1.165, 1.54) is 12.1 Å². The molecule has 0 bridgehead atoms. The van der Waals surface area contributed by atoms with Gasteiger partial charge in [0.05, 0.1) is 0 Å². The molecule has 0 aliphatic carbocycles. The average molecular weight is 270 g/mol. The molecular formula is C13H11FN6. The van der Waals surface area contributed by atoms with Gasteiger partial charge in [-0.05, 0) is 24.3 Å². The molecule has 0 saturated carbocycles. The Bertz CT molecular complexity index is 708. The van der Waals surface area contributed by atoms with Gasteiger partial charge >= 0.3 is 0 Å². The number of nitrogens with zero attached hydrogens (tertiary/aromatic N) is 5. The Kier molecular flexibility index (Phi) is 3.08. The fourth-order valence-corrected chi connectivity index (χ4v) is 1.70. The van der Waals surface area contributed by atoms with Crippen molar-refractivity contribution >= 4 is 5.95 Å². The summed E-state index contributed by atoms with van der Waals surface area (Å²) in [6.45, 7) is 0. The average Bonchev–Trinajstić information content (AvgIpc) is 3.02. The lowest BCUT2D eigenvalue weighted by atomic mass is 10.2. The number of halogens is 1. The Hall–Kier alpha value is -2.83. The summed E-state index contributed by atoms with van der Waals surface area (Å²) in [5.74, 6) is 1.05. The highest BCUT2D eigenvalue weighted by atomic mass is 19.1. The van der Waals surface area contributed by atoms with Crippen LogP contribution < -0.4 is 5.32 Å². The zero-order valence-electron chi connectivity index (χ0n) is 10.7. The molecule has 0 amide bonds. The second-order valence-electron chi connectivity index (χ2n) is 4.01. The van der Waals surface area contributed by atoms with Gasteiger partial charge in [0, 0.05) is 25.0 Å². The molecule has 0 unspecified atom stereocenters. The second kappa shape index (κ2) is 5.04. The van der Waals surface area contributed by atoms with Crippen molar-refractivity contribution in [2.24, 2.45) is 0 Å². The first kappa shape index (κ1) is 12.2. The van der Waals surface area contributed by atoms with Gasteiger partial charge in [0.1, 0.15) is 12.1 Å².